The van der Waals surface area contributed by atoms with Gasteiger partial charge in [-0.15, -0.1) is 0 Å². The Bertz CT molecular complexity index is 448. The minimum Gasteiger partial charge on any atom is -0.469 e. The van der Waals surface area contributed by atoms with Crippen LogP contribution in [0.2, 0.25) is 0 Å². The van der Waals surface area contributed by atoms with Crippen molar-refractivity contribution >= 4 is 18.0 Å². The Labute approximate surface area is 113 Å². The summed E-state index contributed by atoms with van der Waals surface area (Å²) in [5.41, 5.74) is 1.37. The van der Waals surface area contributed by atoms with Gasteiger partial charge in [-0.3, -0.25) is 4.79 Å². The van der Waals surface area contributed by atoms with Crippen molar-refractivity contribution in [3.63, 3.8) is 0 Å². The van der Waals surface area contributed by atoms with Crippen molar-refractivity contribution in [2.24, 2.45) is 0 Å². The molecule has 0 fully saturated rings. The Morgan fingerprint density at radius 3 is 2.42 bits per heavy atom. The first-order valence-electron chi connectivity index (χ1n) is 6.17. The predicted octanol–water partition coefficient (Wildman–Crippen LogP) is 2.59. The summed E-state index contributed by atoms with van der Waals surface area (Å²) in [5.74, 6) is -0.737. The average Bonchev–Trinajstić information content (AvgIpc) is 2.44. The molecule has 1 rings (SSSR count). The maximum atomic E-state index is 11.8. The molecule has 0 heterocycles. The van der Waals surface area contributed by atoms with Crippen LogP contribution in [0.3, 0.4) is 0 Å². The zero-order valence-electron chi connectivity index (χ0n) is 11.2. The third kappa shape index (κ3) is 5.38. The van der Waals surface area contributed by atoms with Gasteiger partial charge >= 0.3 is 11.9 Å². The summed E-state index contributed by atoms with van der Waals surface area (Å²) in [5, 5.41) is 0. The van der Waals surface area contributed by atoms with E-state index < -0.39 is 5.97 Å². The highest BCUT2D eigenvalue weighted by molar-refractivity contribution is 5.94. The first-order valence-corrected chi connectivity index (χ1v) is 6.17. The number of methoxy groups -OCH3 is 1. The third-order valence-electron chi connectivity index (χ3n) is 2.50. The highest BCUT2D eigenvalue weighted by Crippen LogP contribution is 2.14. The Hall–Kier alpha value is -2.10. The summed E-state index contributed by atoms with van der Waals surface area (Å²) < 4.78 is 9.56. The molecule has 1 aromatic carbocycles. The van der Waals surface area contributed by atoms with Crippen LogP contribution in [0.25, 0.3) is 6.08 Å². The molecule has 0 unspecified atom stereocenters. The fourth-order valence-electron chi connectivity index (χ4n) is 1.55. The van der Waals surface area contributed by atoms with Crippen LogP contribution in [0.5, 0.6) is 0 Å². The van der Waals surface area contributed by atoms with Gasteiger partial charge in [-0.05, 0) is 25.0 Å². The number of benzene rings is 1. The minimum absolute atomic E-state index is 0.161. The maximum absolute atomic E-state index is 11.8. The minimum atomic E-state index is -0.393. The van der Waals surface area contributed by atoms with Crippen LogP contribution in [0.15, 0.2) is 35.9 Å². The van der Waals surface area contributed by atoms with E-state index in [4.69, 9.17) is 4.74 Å². The maximum Gasteiger partial charge on any atom is 0.334 e. The lowest BCUT2D eigenvalue weighted by Gasteiger charge is -2.06. The first-order chi connectivity index (χ1) is 9.17. The number of carbonyl (C=O) groups excluding carboxylic acids is 2. The quantitative estimate of drug-likeness (QED) is 0.584. The van der Waals surface area contributed by atoms with E-state index in [2.05, 4.69) is 4.74 Å². The standard InChI is InChI=1S/C15H18O4/c1-3-19-15(17)13(9-10-14(16)18-2)11-12-7-5-4-6-8-12/h4-8,11H,3,9-10H2,1-2H3/b13-11+. The summed E-state index contributed by atoms with van der Waals surface area (Å²) in [6.07, 6.45) is 2.20. The number of hydrogen-bond acceptors (Lipinski definition) is 4. The van der Waals surface area contributed by atoms with Crippen LogP contribution in [0, 0.1) is 0 Å². The van der Waals surface area contributed by atoms with E-state index in [9.17, 15) is 9.59 Å². The van der Waals surface area contributed by atoms with Gasteiger partial charge in [0.15, 0.2) is 0 Å². The normalized spacial score (nSPS) is 10.9. The van der Waals surface area contributed by atoms with E-state index in [1.165, 1.54) is 7.11 Å². The van der Waals surface area contributed by atoms with E-state index in [-0.39, 0.29) is 12.4 Å². The molecule has 19 heavy (non-hydrogen) atoms. The van der Waals surface area contributed by atoms with Gasteiger partial charge in [0, 0.05) is 12.0 Å². The third-order valence-corrected chi connectivity index (χ3v) is 2.50. The fourth-order valence-corrected chi connectivity index (χ4v) is 1.55. The molecule has 0 atom stereocenters. The summed E-state index contributed by atoms with van der Waals surface area (Å²) in [6.45, 7) is 2.06. The monoisotopic (exact) mass is 262 g/mol. The molecule has 1 aromatic rings. The number of esters is 2. The smallest absolute Gasteiger partial charge is 0.334 e. The summed E-state index contributed by atoms with van der Waals surface area (Å²) in [4.78, 5) is 23.0. The van der Waals surface area contributed by atoms with Gasteiger partial charge < -0.3 is 9.47 Å². The van der Waals surface area contributed by atoms with Crippen LogP contribution in [0.1, 0.15) is 25.3 Å². The molecule has 102 valence electrons. The SMILES string of the molecule is CCOC(=O)/C(=C/c1ccccc1)CCC(=O)OC. The van der Waals surface area contributed by atoms with Crippen molar-refractivity contribution in [2.45, 2.75) is 19.8 Å². The van der Waals surface area contributed by atoms with Crippen molar-refractivity contribution < 1.29 is 19.1 Å². The molecule has 4 heteroatoms. The van der Waals surface area contributed by atoms with E-state index in [0.717, 1.165) is 5.56 Å². The lowest BCUT2D eigenvalue weighted by Crippen LogP contribution is -2.10. The van der Waals surface area contributed by atoms with Gasteiger partial charge in [0.1, 0.15) is 0 Å². The first kappa shape index (κ1) is 15.0. The van der Waals surface area contributed by atoms with Crippen LogP contribution in [-0.4, -0.2) is 25.7 Å². The molecule has 0 aliphatic heterocycles. The molecule has 0 saturated carbocycles. The fraction of sp³-hybridized carbons (Fsp3) is 0.333. The second kappa shape index (κ2) is 8.08. The van der Waals surface area contributed by atoms with Crippen molar-refractivity contribution in [3.05, 3.63) is 41.5 Å². The molecular weight excluding hydrogens is 244 g/mol. The molecule has 0 aliphatic rings. The van der Waals surface area contributed by atoms with Crippen LogP contribution >= 0.6 is 0 Å². The van der Waals surface area contributed by atoms with Crippen LogP contribution in [-0.2, 0) is 19.1 Å². The molecule has 0 aliphatic carbocycles. The Morgan fingerprint density at radius 1 is 1.16 bits per heavy atom. The molecule has 0 saturated heterocycles. The zero-order chi connectivity index (χ0) is 14.1. The van der Waals surface area contributed by atoms with Gasteiger partial charge in [-0.1, -0.05) is 30.3 Å². The molecule has 0 bridgehead atoms. The molecular formula is C15H18O4. The van der Waals surface area contributed by atoms with Gasteiger partial charge in [0.2, 0.25) is 0 Å². The van der Waals surface area contributed by atoms with Gasteiger partial charge in [0.05, 0.1) is 13.7 Å². The van der Waals surface area contributed by atoms with Gasteiger partial charge in [-0.25, -0.2) is 4.79 Å². The van der Waals surface area contributed by atoms with Gasteiger partial charge in [0.25, 0.3) is 0 Å². The van der Waals surface area contributed by atoms with Crippen LogP contribution < -0.4 is 0 Å². The molecule has 0 aromatic heterocycles. The number of ether oxygens (including phenoxy) is 2. The van der Waals surface area contributed by atoms with Crippen LogP contribution in [0.4, 0.5) is 0 Å². The lowest BCUT2D eigenvalue weighted by atomic mass is 10.1. The van der Waals surface area contributed by atoms with E-state index in [1.54, 1.807) is 13.0 Å². The Balaban J connectivity index is 2.83. The van der Waals surface area contributed by atoms with Crippen molar-refractivity contribution in [1.29, 1.82) is 0 Å². The Kier molecular flexibility index (Phi) is 6.36. The molecule has 0 radical (unpaired) electrons. The second-order valence-corrected chi connectivity index (χ2v) is 3.88. The van der Waals surface area contributed by atoms with Crippen molar-refractivity contribution in [3.8, 4) is 0 Å². The zero-order valence-corrected chi connectivity index (χ0v) is 11.2. The lowest BCUT2D eigenvalue weighted by molar-refractivity contribution is -0.140. The van der Waals surface area contributed by atoms with Crippen molar-refractivity contribution in [2.75, 3.05) is 13.7 Å². The summed E-state index contributed by atoms with van der Waals surface area (Å²) >= 11 is 0. The molecule has 0 amide bonds. The largest absolute Gasteiger partial charge is 0.469 e. The summed E-state index contributed by atoms with van der Waals surface area (Å²) in [7, 11) is 1.33. The number of rotatable bonds is 6. The van der Waals surface area contributed by atoms with E-state index >= 15 is 0 Å². The molecule has 0 spiro atoms. The molecule has 4 nitrogen and oxygen atoms in total. The molecule has 0 N–H and O–H groups in total. The van der Waals surface area contributed by atoms with Crippen molar-refractivity contribution in [1.82, 2.24) is 0 Å². The second-order valence-electron chi connectivity index (χ2n) is 3.88. The average molecular weight is 262 g/mol. The number of carbonyl (C=O) groups is 2. The van der Waals surface area contributed by atoms with E-state index in [1.807, 2.05) is 30.3 Å². The topological polar surface area (TPSA) is 52.6 Å². The summed E-state index contributed by atoms with van der Waals surface area (Å²) in [6, 6.07) is 9.44. The highest BCUT2D eigenvalue weighted by Gasteiger charge is 2.13. The highest BCUT2D eigenvalue weighted by atomic mass is 16.5. The van der Waals surface area contributed by atoms with E-state index in [0.29, 0.717) is 18.6 Å². The predicted molar refractivity (Wildman–Crippen MR) is 72.3 cm³/mol. The van der Waals surface area contributed by atoms with Gasteiger partial charge in [-0.2, -0.15) is 0 Å². The Morgan fingerprint density at radius 2 is 1.84 bits per heavy atom. The number of hydrogen-bond donors (Lipinski definition) is 0.